The number of hydrogen-bond donors (Lipinski definition) is 2. The third kappa shape index (κ3) is 3.11. The lowest BCUT2D eigenvalue weighted by molar-refractivity contribution is -0.384. The van der Waals surface area contributed by atoms with Gasteiger partial charge in [0.25, 0.3) is 11.6 Å². The fourth-order valence-electron chi connectivity index (χ4n) is 2.63. The van der Waals surface area contributed by atoms with Crippen molar-refractivity contribution in [2.24, 2.45) is 11.8 Å². The predicted molar refractivity (Wildman–Crippen MR) is 81.9 cm³/mol. The van der Waals surface area contributed by atoms with Crippen molar-refractivity contribution in [2.45, 2.75) is 19.8 Å². The second kappa shape index (κ2) is 6.61. The van der Waals surface area contributed by atoms with Crippen LogP contribution in [-0.4, -0.2) is 31.0 Å². The molecule has 1 aromatic carbocycles. The van der Waals surface area contributed by atoms with Crippen molar-refractivity contribution in [1.29, 1.82) is 0 Å². The fraction of sp³-hybridized carbons (Fsp3) is 0.500. The molecule has 2 rings (SSSR count). The number of nitrogen functional groups attached to an aromatic ring is 1. The molecule has 1 fully saturated rings. The third-order valence-corrected chi connectivity index (χ3v) is 3.99. The number of nitro groups is 1. The van der Waals surface area contributed by atoms with Crippen molar-refractivity contribution in [3.8, 4) is 5.75 Å². The molecule has 22 heavy (non-hydrogen) atoms. The number of hydrazine groups is 1. The first-order valence-electron chi connectivity index (χ1n) is 7.10. The highest BCUT2D eigenvalue weighted by molar-refractivity contribution is 5.98. The molecule has 1 aliphatic heterocycles. The first kappa shape index (κ1) is 16.0. The largest absolute Gasteiger partial charge is 0.496 e. The molecule has 0 spiro atoms. The van der Waals surface area contributed by atoms with Crippen molar-refractivity contribution in [3.05, 3.63) is 27.8 Å². The minimum Gasteiger partial charge on any atom is -0.496 e. The number of carbonyl (C=O) groups excluding carboxylic acids is 1. The number of ether oxygens (including phenoxy) is 1. The zero-order chi connectivity index (χ0) is 16.3. The fourth-order valence-corrected chi connectivity index (χ4v) is 2.63. The Morgan fingerprint density at radius 3 is 2.59 bits per heavy atom. The van der Waals surface area contributed by atoms with Gasteiger partial charge < -0.3 is 9.64 Å². The second-order valence-electron chi connectivity index (χ2n) is 5.44. The molecule has 0 atom stereocenters. The molecule has 8 nitrogen and oxygen atoms in total. The van der Waals surface area contributed by atoms with Crippen molar-refractivity contribution >= 4 is 17.3 Å². The molecular formula is C14H20N4O4. The minimum absolute atomic E-state index is 0.0471. The van der Waals surface area contributed by atoms with Crippen LogP contribution in [0.25, 0.3) is 0 Å². The molecule has 1 aromatic rings. The van der Waals surface area contributed by atoms with Gasteiger partial charge in [-0.25, -0.2) is 5.84 Å². The maximum Gasteiger partial charge on any atom is 0.293 e. The van der Waals surface area contributed by atoms with Gasteiger partial charge in [0.2, 0.25) is 0 Å². The Balaban J connectivity index is 2.48. The van der Waals surface area contributed by atoms with Gasteiger partial charge in [0, 0.05) is 25.2 Å². The van der Waals surface area contributed by atoms with Gasteiger partial charge >= 0.3 is 0 Å². The molecule has 1 amide bonds. The summed E-state index contributed by atoms with van der Waals surface area (Å²) in [4.78, 5) is 24.6. The average Bonchev–Trinajstić information content (AvgIpc) is 2.53. The van der Waals surface area contributed by atoms with E-state index in [0.29, 0.717) is 11.6 Å². The van der Waals surface area contributed by atoms with E-state index in [1.807, 2.05) is 10.3 Å². The number of hydrogen-bond acceptors (Lipinski definition) is 6. The molecule has 120 valence electrons. The zero-order valence-electron chi connectivity index (χ0n) is 12.7. The van der Waals surface area contributed by atoms with Crippen LogP contribution in [0.1, 0.15) is 30.1 Å². The van der Waals surface area contributed by atoms with Crippen molar-refractivity contribution in [3.63, 3.8) is 0 Å². The maximum atomic E-state index is 11.7. The van der Waals surface area contributed by atoms with Crippen molar-refractivity contribution < 1.29 is 14.5 Å². The van der Waals surface area contributed by atoms with E-state index in [0.717, 1.165) is 25.9 Å². The summed E-state index contributed by atoms with van der Waals surface area (Å²) in [6.45, 7) is 3.65. The molecule has 1 aliphatic rings. The van der Waals surface area contributed by atoms with E-state index in [1.54, 1.807) is 6.07 Å². The van der Waals surface area contributed by atoms with E-state index in [2.05, 4.69) is 6.92 Å². The topological polar surface area (TPSA) is 111 Å². The van der Waals surface area contributed by atoms with Crippen LogP contribution in [0.3, 0.4) is 0 Å². The highest BCUT2D eigenvalue weighted by Gasteiger charge is 2.27. The number of piperidine rings is 1. The summed E-state index contributed by atoms with van der Waals surface area (Å²) in [5.41, 5.74) is 2.38. The monoisotopic (exact) mass is 308 g/mol. The van der Waals surface area contributed by atoms with Crippen LogP contribution in [-0.2, 0) is 0 Å². The van der Waals surface area contributed by atoms with E-state index < -0.39 is 10.8 Å². The Bertz CT molecular complexity index is 582. The molecule has 8 heteroatoms. The zero-order valence-corrected chi connectivity index (χ0v) is 12.7. The van der Waals surface area contributed by atoms with E-state index in [-0.39, 0.29) is 17.0 Å². The lowest BCUT2D eigenvalue weighted by Gasteiger charge is -2.32. The van der Waals surface area contributed by atoms with Gasteiger partial charge in [-0.05, 0) is 18.8 Å². The van der Waals surface area contributed by atoms with Gasteiger partial charge in [-0.15, -0.1) is 0 Å². The lowest BCUT2D eigenvalue weighted by Crippen LogP contribution is -2.34. The van der Waals surface area contributed by atoms with Gasteiger partial charge in [0.1, 0.15) is 11.4 Å². The van der Waals surface area contributed by atoms with Crippen LogP contribution >= 0.6 is 0 Å². The number of carbonyl (C=O) groups is 1. The molecule has 1 heterocycles. The summed E-state index contributed by atoms with van der Waals surface area (Å²) in [5.74, 6) is 5.36. The Hall–Kier alpha value is -2.35. The van der Waals surface area contributed by atoms with Gasteiger partial charge in [-0.3, -0.25) is 20.3 Å². The van der Waals surface area contributed by atoms with Crippen LogP contribution in [0.5, 0.6) is 5.75 Å². The number of nitro benzene ring substituents is 1. The summed E-state index contributed by atoms with van der Waals surface area (Å²) in [7, 11) is 1.41. The van der Waals surface area contributed by atoms with Gasteiger partial charge in [-0.1, -0.05) is 6.92 Å². The average molecular weight is 308 g/mol. The molecule has 3 N–H and O–H groups in total. The maximum absolute atomic E-state index is 11.7. The number of benzene rings is 1. The van der Waals surface area contributed by atoms with E-state index in [4.69, 9.17) is 10.6 Å². The Morgan fingerprint density at radius 1 is 1.45 bits per heavy atom. The van der Waals surface area contributed by atoms with Crippen LogP contribution < -0.4 is 20.9 Å². The summed E-state index contributed by atoms with van der Waals surface area (Å²) < 4.78 is 5.19. The molecule has 1 saturated heterocycles. The van der Waals surface area contributed by atoms with Gasteiger partial charge in [0.15, 0.2) is 0 Å². The van der Waals surface area contributed by atoms with Crippen LogP contribution in [0.2, 0.25) is 0 Å². The SMILES string of the molecule is COc1cc(N2CCC(C)CC2)c([N+](=O)[O-])cc1C(=O)NN. The molecule has 0 radical (unpaired) electrons. The number of nitrogens with zero attached hydrogens (tertiary/aromatic N) is 2. The molecule has 0 saturated carbocycles. The number of amides is 1. The summed E-state index contributed by atoms with van der Waals surface area (Å²) >= 11 is 0. The molecular weight excluding hydrogens is 288 g/mol. The van der Waals surface area contributed by atoms with Crippen LogP contribution in [0, 0.1) is 16.0 Å². The number of methoxy groups -OCH3 is 1. The Labute approximate surface area is 128 Å². The number of rotatable bonds is 4. The highest BCUT2D eigenvalue weighted by atomic mass is 16.6. The smallest absolute Gasteiger partial charge is 0.293 e. The van der Waals surface area contributed by atoms with E-state index in [9.17, 15) is 14.9 Å². The van der Waals surface area contributed by atoms with E-state index >= 15 is 0 Å². The third-order valence-electron chi connectivity index (χ3n) is 3.99. The Morgan fingerprint density at radius 2 is 2.09 bits per heavy atom. The minimum atomic E-state index is -0.626. The van der Waals surface area contributed by atoms with Crippen LogP contribution in [0.15, 0.2) is 12.1 Å². The number of nitrogens with one attached hydrogen (secondary N) is 1. The molecule has 0 aromatic heterocycles. The summed E-state index contributed by atoms with van der Waals surface area (Å²) in [5, 5.41) is 11.4. The molecule has 0 unspecified atom stereocenters. The van der Waals surface area contributed by atoms with Crippen LogP contribution in [0.4, 0.5) is 11.4 Å². The summed E-state index contributed by atoms with van der Waals surface area (Å²) in [6, 6.07) is 2.76. The van der Waals surface area contributed by atoms with Crippen molar-refractivity contribution in [1.82, 2.24) is 5.43 Å². The van der Waals surface area contributed by atoms with Gasteiger partial charge in [-0.2, -0.15) is 0 Å². The standard InChI is InChI=1S/C14H20N4O4/c1-9-3-5-17(6-4-9)11-8-13(22-2)10(14(19)16-15)7-12(11)18(20)21/h7-9H,3-6,15H2,1-2H3,(H,16,19). The van der Waals surface area contributed by atoms with Crippen molar-refractivity contribution in [2.75, 3.05) is 25.1 Å². The number of anilines is 1. The molecule has 0 aliphatic carbocycles. The Kier molecular flexibility index (Phi) is 4.81. The normalized spacial score (nSPS) is 15.5. The summed E-state index contributed by atoms with van der Waals surface area (Å²) in [6.07, 6.45) is 1.95. The second-order valence-corrected chi connectivity index (χ2v) is 5.44. The lowest BCUT2D eigenvalue weighted by atomic mass is 9.98. The van der Waals surface area contributed by atoms with Gasteiger partial charge in [0.05, 0.1) is 17.6 Å². The quantitative estimate of drug-likeness (QED) is 0.377. The predicted octanol–water partition coefficient (Wildman–Crippen LogP) is 1.44. The highest BCUT2D eigenvalue weighted by Crippen LogP contribution is 2.37. The number of nitrogens with two attached hydrogens (primary N) is 1. The van der Waals surface area contributed by atoms with E-state index in [1.165, 1.54) is 13.2 Å². The first-order chi connectivity index (χ1) is 10.5. The molecule has 0 bridgehead atoms. The first-order valence-corrected chi connectivity index (χ1v) is 7.10.